The molecule has 2 N–H and O–H groups in total. The van der Waals surface area contributed by atoms with Crippen LogP contribution in [0.4, 0.5) is 15.2 Å². The second-order valence-corrected chi connectivity index (χ2v) is 11.5. The lowest BCUT2D eigenvalue weighted by Gasteiger charge is -2.23. The van der Waals surface area contributed by atoms with E-state index in [-0.39, 0.29) is 6.42 Å². The zero-order valence-corrected chi connectivity index (χ0v) is 24.8. The molecule has 5 rings (SSSR count). The molecule has 0 saturated heterocycles. The fourth-order valence-corrected chi connectivity index (χ4v) is 5.80. The first-order valence-corrected chi connectivity index (χ1v) is 15.4. The van der Waals surface area contributed by atoms with Crippen LogP contribution >= 0.6 is 11.3 Å². The molecule has 1 aromatic heterocycles. The summed E-state index contributed by atoms with van der Waals surface area (Å²) in [6, 6.07) is 17.8. The number of halogens is 1. The van der Waals surface area contributed by atoms with Gasteiger partial charge in [0.2, 0.25) is 6.17 Å². The molecule has 43 heavy (non-hydrogen) atoms. The number of thiazole rings is 1. The number of alkyl halides is 1. The van der Waals surface area contributed by atoms with Crippen LogP contribution in [0.25, 0.3) is 5.57 Å². The molecular weight excluding hydrogens is 557 g/mol. The predicted molar refractivity (Wildman–Crippen MR) is 176 cm³/mol. The molecule has 2 aliphatic rings. The third kappa shape index (κ3) is 9.00. The van der Waals surface area contributed by atoms with Gasteiger partial charge in [-0.3, -0.25) is 0 Å². The van der Waals surface area contributed by atoms with Gasteiger partial charge >= 0.3 is 5.97 Å². The number of aromatic nitrogens is 1. The molecule has 3 aromatic rings. The van der Waals surface area contributed by atoms with Crippen LogP contribution in [0.3, 0.4) is 0 Å². The van der Waals surface area contributed by atoms with E-state index in [4.69, 9.17) is 10.1 Å². The molecule has 0 radical (unpaired) electrons. The summed E-state index contributed by atoms with van der Waals surface area (Å²) in [5, 5.41) is 15.4. The largest absolute Gasteiger partial charge is 0.479 e. The van der Waals surface area contributed by atoms with Crippen LogP contribution < -0.4 is 10.2 Å². The van der Waals surface area contributed by atoms with Gasteiger partial charge in [0.15, 0.2) is 5.13 Å². The Morgan fingerprint density at radius 3 is 2.63 bits per heavy atom. The summed E-state index contributed by atoms with van der Waals surface area (Å²) in [5.41, 5.74) is 7.62. The molecular formula is C36H36FN3O2S. The van der Waals surface area contributed by atoms with Gasteiger partial charge in [-0.2, -0.15) is 0 Å². The first-order chi connectivity index (χ1) is 21.0. The molecule has 0 bridgehead atoms. The van der Waals surface area contributed by atoms with Crippen molar-refractivity contribution >= 4 is 33.7 Å². The molecule has 0 saturated carbocycles. The highest BCUT2D eigenvalue weighted by Gasteiger charge is 2.17. The summed E-state index contributed by atoms with van der Waals surface area (Å²) in [4.78, 5) is 18.2. The molecule has 0 amide bonds. The highest BCUT2D eigenvalue weighted by Crippen LogP contribution is 2.29. The average Bonchev–Trinajstić information content (AvgIpc) is 3.20. The number of hydrogen-bond donors (Lipinski definition) is 2. The second-order valence-electron chi connectivity index (χ2n) is 10.6. The van der Waals surface area contributed by atoms with Crippen molar-refractivity contribution in [3.8, 4) is 0 Å². The van der Waals surface area contributed by atoms with E-state index in [2.05, 4.69) is 101 Å². The average molecular weight is 594 g/mol. The van der Waals surface area contributed by atoms with Crippen LogP contribution in [0.5, 0.6) is 0 Å². The molecule has 5 nitrogen and oxygen atoms in total. The molecule has 1 heterocycles. The maximum Gasteiger partial charge on any atom is 0.338 e. The number of allylic oxidation sites excluding steroid dienone is 9. The normalized spacial score (nSPS) is 15.1. The van der Waals surface area contributed by atoms with Crippen LogP contribution in [0, 0.1) is 0 Å². The van der Waals surface area contributed by atoms with Gasteiger partial charge in [0.05, 0.1) is 5.69 Å². The maximum atomic E-state index is 13.5. The van der Waals surface area contributed by atoms with Crippen LogP contribution in [-0.2, 0) is 17.6 Å². The Morgan fingerprint density at radius 2 is 1.81 bits per heavy atom. The Labute approximate surface area is 256 Å². The molecule has 2 aromatic carbocycles. The topological polar surface area (TPSA) is 65.5 Å². The lowest BCUT2D eigenvalue weighted by molar-refractivity contribution is -0.142. The lowest BCUT2D eigenvalue weighted by Crippen LogP contribution is -2.28. The van der Waals surface area contributed by atoms with Crippen molar-refractivity contribution < 1.29 is 14.3 Å². The minimum atomic E-state index is -1.89. The van der Waals surface area contributed by atoms with Gasteiger partial charge in [-0.05, 0) is 59.2 Å². The quantitative estimate of drug-likeness (QED) is 0.210. The second kappa shape index (κ2) is 15.1. The summed E-state index contributed by atoms with van der Waals surface area (Å²) >= 11 is 1.70. The van der Waals surface area contributed by atoms with Crippen molar-refractivity contribution in [2.24, 2.45) is 0 Å². The van der Waals surface area contributed by atoms with E-state index in [0.717, 1.165) is 54.4 Å². The number of nitrogens with zero attached hydrogens (tertiary/aromatic N) is 2. The van der Waals surface area contributed by atoms with Gasteiger partial charge in [-0.1, -0.05) is 97.1 Å². The zero-order valence-electron chi connectivity index (χ0n) is 24.0. The molecule has 2 aliphatic carbocycles. The van der Waals surface area contributed by atoms with E-state index in [9.17, 15) is 9.18 Å². The minimum absolute atomic E-state index is 0.131. The Balaban J connectivity index is 1.24. The number of anilines is 2. The van der Waals surface area contributed by atoms with Gasteiger partial charge in [0.1, 0.15) is 0 Å². The van der Waals surface area contributed by atoms with Crippen LogP contribution in [0.1, 0.15) is 29.7 Å². The molecule has 220 valence electrons. The monoisotopic (exact) mass is 593 g/mol. The summed E-state index contributed by atoms with van der Waals surface area (Å²) in [7, 11) is 0. The van der Waals surface area contributed by atoms with Gasteiger partial charge in [0.25, 0.3) is 0 Å². The van der Waals surface area contributed by atoms with E-state index in [1.807, 2.05) is 12.1 Å². The van der Waals surface area contributed by atoms with Gasteiger partial charge < -0.3 is 15.3 Å². The van der Waals surface area contributed by atoms with Crippen molar-refractivity contribution in [2.45, 2.75) is 31.9 Å². The van der Waals surface area contributed by atoms with E-state index in [1.165, 1.54) is 16.7 Å². The van der Waals surface area contributed by atoms with Crippen molar-refractivity contribution in [1.29, 1.82) is 0 Å². The molecule has 0 aliphatic heterocycles. The number of carboxylic acid groups (broad SMARTS) is 1. The lowest BCUT2D eigenvalue weighted by atomic mass is 10.1. The smallest absolute Gasteiger partial charge is 0.338 e. The number of aliphatic carboxylic acids is 1. The summed E-state index contributed by atoms with van der Waals surface area (Å²) in [6.45, 7) is 2.32. The molecule has 7 heteroatoms. The summed E-state index contributed by atoms with van der Waals surface area (Å²) < 4.78 is 13.5. The first kappa shape index (κ1) is 30.0. The Hall–Kier alpha value is -4.49. The Bertz CT molecular complexity index is 1570. The van der Waals surface area contributed by atoms with Crippen LogP contribution in [0.2, 0.25) is 0 Å². The summed E-state index contributed by atoms with van der Waals surface area (Å²) in [5.74, 6) is -1.43. The van der Waals surface area contributed by atoms with Gasteiger partial charge in [0, 0.05) is 37.1 Å². The third-order valence-electron chi connectivity index (χ3n) is 7.37. The number of carboxylic acids is 1. The molecule has 1 atom stereocenters. The fourth-order valence-electron chi connectivity index (χ4n) is 4.92. The minimum Gasteiger partial charge on any atom is -0.479 e. The fraction of sp³-hybridized carbons (Fsp3) is 0.222. The van der Waals surface area contributed by atoms with E-state index in [0.29, 0.717) is 12.1 Å². The van der Waals surface area contributed by atoms with Gasteiger partial charge in [-0.25, -0.2) is 14.2 Å². The SMILES string of the molecule is O=C(O)C(F)Cc1ccc(NCC2=CC=C(CN(CCc3ccccc3)c3nc(C4=CC=CC=CC4)cs3)CC=C2)cc1. The first-order valence-electron chi connectivity index (χ1n) is 14.6. The highest BCUT2D eigenvalue weighted by molar-refractivity contribution is 7.13. The predicted octanol–water partition coefficient (Wildman–Crippen LogP) is 7.98. The number of nitrogens with one attached hydrogen (secondary N) is 1. The Morgan fingerprint density at radius 1 is 0.977 bits per heavy atom. The van der Waals surface area contributed by atoms with Crippen molar-refractivity contribution in [2.75, 3.05) is 29.9 Å². The number of carbonyl (C=O) groups is 1. The summed E-state index contributed by atoms with van der Waals surface area (Å²) in [6.07, 6.45) is 19.9. The van der Waals surface area contributed by atoms with Crippen molar-refractivity contribution in [3.63, 3.8) is 0 Å². The molecule has 0 fully saturated rings. The van der Waals surface area contributed by atoms with Gasteiger partial charge in [-0.15, -0.1) is 11.3 Å². The number of hydrogen-bond acceptors (Lipinski definition) is 5. The maximum absolute atomic E-state index is 13.5. The van der Waals surface area contributed by atoms with Crippen LogP contribution in [-0.4, -0.2) is 41.9 Å². The van der Waals surface area contributed by atoms with E-state index >= 15 is 0 Å². The molecule has 0 spiro atoms. The zero-order chi connectivity index (χ0) is 29.9. The number of benzene rings is 2. The number of rotatable bonds is 13. The molecule has 1 unspecified atom stereocenters. The highest BCUT2D eigenvalue weighted by atomic mass is 32.1. The standard InChI is InChI=1S/C36H36FN3O2S/c37-33(35(41)42)23-28-17-19-32(20-18-28)38-24-29-11-8-12-30(16-15-29)25-40(22-21-27-9-4-3-5-10-27)36-39-34(26-43-36)31-13-6-1-2-7-14-31/h1-11,13,15-20,26,33,38H,12,14,21-25H2,(H,41,42). The van der Waals surface area contributed by atoms with Crippen molar-refractivity contribution in [3.05, 3.63) is 143 Å². The van der Waals surface area contributed by atoms with Crippen LogP contribution in [0.15, 0.2) is 126 Å². The van der Waals surface area contributed by atoms with E-state index < -0.39 is 12.1 Å². The van der Waals surface area contributed by atoms with Crippen molar-refractivity contribution in [1.82, 2.24) is 4.98 Å². The van der Waals surface area contributed by atoms with E-state index in [1.54, 1.807) is 23.5 Å². The third-order valence-corrected chi connectivity index (χ3v) is 8.27. The Kier molecular flexibility index (Phi) is 10.5.